The number of unbranched alkanes of at least 4 members (excludes halogenated alkanes) is 23. The number of carbonyl (C=O) groups excluding carboxylic acids is 2. The number of carboxylic acids is 1. The lowest BCUT2D eigenvalue weighted by atomic mass is 10.0. The minimum Gasteiger partial charge on any atom is -0.480 e. The van der Waals surface area contributed by atoms with Gasteiger partial charge in [-0.3, -0.25) is 23.4 Å². The minimum absolute atomic E-state index is 0.198. The molecule has 0 aliphatic rings. The number of carbonyl (C=O) groups is 3. The van der Waals surface area contributed by atoms with Crippen LogP contribution in [0.15, 0.2) is 0 Å². The van der Waals surface area contributed by atoms with E-state index in [0.717, 1.165) is 38.5 Å². The fraction of sp³-hybridized carbons (Fsp3) is 0.919. The Hall–Kier alpha value is -1.52. The molecule has 0 heterocycles. The van der Waals surface area contributed by atoms with E-state index in [1.165, 1.54) is 109 Å². The molecule has 0 amide bonds. The van der Waals surface area contributed by atoms with Gasteiger partial charge in [0.25, 0.3) is 0 Å². The Balaban J connectivity index is 4.36. The van der Waals surface area contributed by atoms with Gasteiger partial charge in [-0.25, -0.2) is 4.57 Å². The number of ether oxygens (including phenoxy) is 2. The highest BCUT2D eigenvalue weighted by atomic mass is 31.2. The molecule has 0 rings (SSSR count). The first-order valence-corrected chi connectivity index (χ1v) is 21.1. The van der Waals surface area contributed by atoms with Crippen molar-refractivity contribution >= 4 is 25.7 Å². The average Bonchev–Trinajstić information content (AvgIpc) is 3.07. The summed E-state index contributed by atoms with van der Waals surface area (Å²) in [6.45, 7) is 2.83. The van der Waals surface area contributed by atoms with E-state index in [4.69, 9.17) is 29.4 Å². The van der Waals surface area contributed by atoms with E-state index in [0.29, 0.717) is 12.8 Å². The fourth-order valence-electron chi connectivity index (χ4n) is 5.49. The average molecular weight is 722 g/mol. The summed E-state index contributed by atoms with van der Waals surface area (Å²) >= 11 is 0. The van der Waals surface area contributed by atoms with Gasteiger partial charge >= 0.3 is 25.7 Å². The Morgan fingerprint density at radius 2 is 0.857 bits per heavy atom. The molecule has 0 radical (unpaired) electrons. The van der Waals surface area contributed by atoms with Gasteiger partial charge in [0.2, 0.25) is 0 Å². The normalized spacial score (nSPS) is 13.9. The van der Waals surface area contributed by atoms with Crippen LogP contribution in [0, 0.1) is 0 Å². The summed E-state index contributed by atoms with van der Waals surface area (Å²) in [7, 11) is -4.79. The van der Waals surface area contributed by atoms with E-state index in [2.05, 4.69) is 13.8 Å². The van der Waals surface area contributed by atoms with Gasteiger partial charge in [-0.2, -0.15) is 0 Å². The van der Waals surface area contributed by atoms with Crippen LogP contribution in [0.2, 0.25) is 0 Å². The summed E-state index contributed by atoms with van der Waals surface area (Å²) in [6.07, 6.45) is 28.6. The van der Waals surface area contributed by atoms with Gasteiger partial charge in [0.15, 0.2) is 0 Å². The lowest BCUT2D eigenvalue weighted by Gasteiger charge is -2.21. The Bertz CT molecular complexity index is 859. The zero-order valence-corrected chi connectivity index (χ0v) is 31.9. The first-order valence-electron chi connectivity index (χ1n) is 19.6. The molecule has 4 N–H and O–H groups in total. The summed E-state index contributed by atoms with van der Waals surface area (Å²) < 4.78 is 32.8. The zero-order chi connectivity index (χ0) is 36.4. The van der Waals surface area contributed by atoms with Gasteiger partial charge in [-0.05, 0) is 12.8 Å². The number of aliphatic carboxylic acids is 1. The van der Waals surface area contributed by atoms with Gasteiger partial charge in [-0.1, -0.05) is 162 Å². The Labute approximate surface area is 297 Å². The van der Waals surface area contributed by atoms with E-state index < -0.39 is 57.7 Å². The van der Waals surface area contributed by atoms with Gasteiger partial charge in [0.1, 0.15) is 25.4 Å². The number of hydrogen-bond acceptors (Lipinski definition) is 9. The van der Waals surface area contributed by atoms with E-state index in [1.807, 2.05) is 0 Å². The van der Waals surface area contributed by atoms with Crippen LogP contribution in [0.4, 0.5) is 0 Å². The number of phosphoric acid groups is 1. The second-order valence-corrected chi connectivity index (χ2v) is 14.8. The van der Waals surface area contributed by atoms with Crippen LogP contribution in [0.3, 0.4) is 0 Å². The minimum atomic E-state index is -4.79. The molecule has 0 spiro atoms. The second-order valence-electron chi connectivity index (χ2n) is 13.4. The highest BCUT2D eigenvalue weighted by molar-refractivity contribution is 7.47. The number of phosphoric ester groups is 1. The third-order valence-electron chi connectivity index (χ3n) is 8.60. The smallest absolute Gasteiger partial charge is 0.472 e. The summed E-state index contributed by atoms with van der Waals surface area (Å²) in [6, 6.07) is -1.53. The van der Waals surface area contributed by atoms with Crippen molar-refractivity contribution in [3.05, 3.63) is 0 Å². The van der Waals surface area contributed by atoms with Gasteiger partial charge in [0, 0.05) is 12.8 Å². The van der Waals surface area contributed by atoms with Crippen LogP contribution >= 0.6 is 7.82 Å². The van der Waals surface area contributed by atoms with E-state index >= 15 is 0 Å². The molecule has 3 atom stereocenters. The van der Waals surface area contributed by atoms with E-state index in [-0.39, 0.29) is 12.8 Å². The summed E-state index contributed by atoms with van der Waals surface area (Å²) in [5, 5.41) is 8.90. The molecule has 0 aliphatic heterocycles. The molecule has 0 saturated heterocycles. The monoisotopic (exact) mass is 721 g/mol. The molecule has 49 heavy (non-hydrogen) atoms. The van der Waals surface area contributed by atoms with Crippen molar-refractivity contribution in [3.8, 4) is 0 Å². The second kappa shape index (κ2) is 33.6. The molecule has 290 valence electrons. The Morgan fingerprint density at radius 1 is 0.551 bits per heavy atom. The maximum atomic E-state index is 12.4. The van der Waals surface area contributed by atoms with Crippen molar-refractivity contribution in [2.45, 2.75) is 199 Å². The number of nitrogens with two attached hydrogens (primary N) is 1. The SMILES string of the molecule is CCCCCCCCCCCCCCCC(=O)OCC(COC(=O)CCCCCCCCCCCCCC)OP(=O)(O)OCC(N)C(=O)O. The van der Waals surface area contributed by atoms with Crippen molar-refractivity contribution in [2.75, 3.05) is 19.8 Å². The number of carboxylic acid groups (broad SMARTS) is 1. The predicted molar refractivity (Wildman–Crippen MR) is 194 cm³/mol. The highest BCUT2D eigenvalue weighted by Gasteiger charge is 2.30. The molecule has 0 aromatic carbocycles. The lowest BCUT2D eigenvalue weighted by molar-refractivity contribution is -0.152. The molecule has 11 nitrogen and oxygen atoms in total. The maximum absolute atomic E-state index is 12.4. The van der Waals surface area contributed by atoms with E-state index in [9.17, 15) is 23.8 Å². The molecule has 0 bridgehead atoms. The fourth-order valence-corrected chi connectivity index (χ4v) is 6.40. The third kappa shape index (κ3) is 33.4. The predicted octanol–water partition coefficient (Wildman–Crippen LogP) is 9.56. The van der Waals surface area contributed by atoms with Crippen molar-refractivity contribution in [3.63, 3.8) is 0 Å². The highest BCUT2D eigenvalue weighted by Crippen LogP contribution is 2.44. The Kier molecular flexibility index (Phi) is 32.6. The maximum Gasteiger partial charge on any atom is 0.472 e. The molecular formula is C37H72NO10P. The third-order valence-corrected chi connectivity index (χ3v) is 9.64. The van der Waals surface area contributed by atoms with Crippen LogP contribution in [0.5, 0.6) is 0 Å². The molecule has 0 fully saturated rings. The molecule has 12 heteroatoms. The van der Waals surface area contributed by atoms with Crippen molar-refractivity contribution < 1.29 is 47.5 Å². The van der Waals surface area contributed by atoms with E-state index in [1.54, 1.807) is 0 Å². The van der Waals surface area contributed by atoms with Gasteiger partial charge in [-0.15, -0.1) is 0 Å². The zero-order valence-electron chi connectivity index (χ0n) is 31.1. The number of hydrogen-bond donors (Lipinski definition) is 3. The Morgan fingerprint density at radius 3 is 1.16 bits per heavy atom. The van der Waals surface area contributed by atoms with Crippen LogP contribution in [0.1, 0.15) is 187 Å². The standard InChI is InChI=1S/C37H72NO10P/c1-3-5-7-9-11-13-15-17-19-21-23-25-27-29-36(40)46-31-33(48-49(43,44)47-32-34(38)37(41)42)30-45-35(39)28-26-24-22-20-18-16-14-12-10-8-6-4-2/h33-34H,3-32,38H2,1-2H3,(H,41,42)(H,43,44). The van der Waals surface area contributed by atoms with Crippen molar-refractivity contribution in [1.82, 2.24) is 0 Å². The molecule has 0 aliphatic carbocycles. The molecule has 0 aromatic rings. The quantitative estimate of drug-likeness (QED) is 0.0317. The molecule has 0 saturated carbocycles. The summed E-state index contributed by atoms with van der Waals surface area (Å²) in [4.78, 5) is 45.7. The van der Waals surface area contributed by atoms with Crippen LogP contribution in [-0.4, -0.2) is 59.9 Å². The number of rotatable bonds is 37. The first kappa shape index (κ1) is 47.5. The topological polar surface area (TPSA) is 172 Å². The van der Waals surface area contributed by atoms with Crippen molar-refractivity contribution in [2.24, 2.45) is 5.73 Å². The molecular weight excluding hydrogens is 649 g/mol. The van der Waals surface area contributed by atoms with Crippen LogP contribution < -0.4 is 5.73 Å². The van der Waals surface area contributed by atoms with Crippen LogP contribution in [-0.2, 0) is 37.5 Å². The summed E-state index contributed by atoms with van der Waals surface area (Å²) in [5.41, 5.74) is 5.34. The van der Waals surface area contributed by atoms with Crippen molar-refractivity contribution in [1.29, 1.82) is 0 Å². The summed E-state index contributed by atoms with van der Waals surface area (Å²) in [5.74, 6) is -2.38. The van der Waals surface area contributed by atoms with Crippen LogP contribution in [0.25, 0.3) is 0 Å². The van der Waals surface area contributed by atoms with Gasteiger partial charge < -0.3 is 25.2 Å². The molecule has 3 unspecified atom stereocenters. The number of esters is 2. The van der Waals surface area contributed by atoms with Gasteiger partial charge in [0.05, 0.1) is 6.61 Å². The lowest BCUT2D eigenvalue weighted by Crippen LogP contribution is -2.35. The molecule has 0 aromatic heterocycles. The largest absolute Gasteiger partial charge is 0.480 e. The first-order chi connectivity index (χ1) is 23.6.